The molecule has 0 spiro atoms. The van der Waals surface area contributed by atoms with Crippen LogP contribution in [0.4, 0.5) is 17.6 Å². The lowest BCUT2D eigenvalue weighted by atomic mass is 9.86. The monoisotopic (exact) mass is 428 g/mol. The van der Waals surface area contributed by atoms with Crippen LogP contribution in [0.1, 0.15) is 37.4 Å². The predicted molar refractivity (Wildman–Crippen MR) is 103 cm³/mol. The molecule has 1 atom stereocenters. The quantitative estimate of drug-likeness (QED) is 0.444. The van der Waals surface area contributed by atoms with Crippen LogP contribution in [-0.4, -0.2) is 28.0 Å². The molecule has 0 aliphatic heterocycles. The molecule has 0 bridgehead atoms. The van der Waals surface area contributed by atoms with Gasteiger partial charge in [0.2, 0.25) is 11.7 Å². The van der Waals surface area contributed by atoms with Crippen LogP contribution in [0.5, 0.6) is 5.75 Å². The largest absolute Gasteiger partial charge is 0.494 e. The molecule has 29 heavy (non-hydrogen) atoms. The van der Waals surface area contributed by atoms with Crippen molar-refractivity contribution in [2.75, 3.05) is 7.11 Å². The van der Waals surface area contributed by atoms with Crippen LogP contribution in [-0.2, 0) is 0 Å². The number of fused-ring (bicyclic) bond motifs is 1. The van der Waals surface area contributed by atoms with Gasteiger partial charge in [-0.05, 0) is 43.0 Å². The van der Waals surface area contributed by atoms with Gasteiger partial charge in [0.15, 0.2) is 11.6 Å². The van der Waals surface area contributed by atoms with Crippen molar-refractivity contribution in [2.24, 2.45) is 5.14 Å². The first-order valence-electron chi connectivity index (χ1n) is 8.91. The lowest BCUT2D eigenvalue weighted by Crippen LogP contribution is -2.25. The van der Waals surface area contributed by atoms with Gasteiger partial charge in [-0.1, -0.05) is 6.07 Å². The third-order valence-corrected chi connectivity index (χ3v) is 5.11. The van der Waals surface area contributed by atoms with Crippen LogP contribution >= 0.6 is 11.9 Å². The van der Waals surface area contributed by atoms with E-state index in [9.17, 15) is 17.6 Å². The lowest BCUT2D eigenvalue weighted by Gasteiger charge is -2.27. The fourth-order valence-electron chi connectivity index (χ4n) is 3.22. The topological polar surface area (TPSA) is 76.8 Å². The Balaban J connectivity index is 0.000000204. The molecule has 1 aromatic carbocycles. The highest BCUT2D eigenvalue weighted by Crippen LogP contribution is 2.41. The van der Waals surface area contributed by atoms with E-state index in [-0.39, 0.29) is 24.5 Å². The highest BCUT2D eigenvalue weighted by molar-refractivity contribution is 7.97. The van der Waals surface area contributed by atoms with Crippen molar-refractivity contribution in [3.8, 4) is 5.75 Å². The van der Waals surface area contributed by atoms with E-state index in [0.717, 1.165) is 35.5 Å². The molecule has 5 nitrogen and oxygen atoms in total. The summed E-state index contributed by atoms with van der Waals surface area (Å²) in [5.74, 6) is -4.04. The van der Waals surface area contributed by atoms with E-state index in [4.69, 9.17) is 5.14 Å². The first-order chi connectivity index (χ1) is 13.8. The van der Waals surface area contributed by atoms with E-state index in [1.165, 1.54) is 19.2 Å². The summed E-state index contributed by atoms with van der Waals surface area (Å²) in [6, 6.07) is 5.55. The van der Waals surface area contributed by atoms with Crippen molar-refractivity contribution in [3.63, 3.8) is 0 Å². The van der Waals surface area contributed by atoms with Gasteiger partial charge in [0.25, 0.3) is 0 Å². The number of methoxy groups -OCH3 is 1. The average molecular weight is 428 g/mol. The summed E-state index contributed by atoms with van der Waals surface area (Å²) in [7, 11) is 1.29. The summed E-state index contributed by atoms with van der Waals surface area (Å²) in [6.45, 7) is 0. The number of benzene rings is 1. The molecule has 1 fully saturated rings. The van der Waals surface area contributed by atoms with E-state index in [0.29, 0.717) is 17.3 Å². The highest BCUT2D eigenvalue weighted by atomic mass is 32.2. The lowest BCUT2D eigenvalue weighted by molar-refractivity contribution is -0.0416. The predicted octanol–water partition coefficient (Wildman–Crippen LogP) is 5.19. The van der Waals surface area contributed by atoms with Crippen LogP contribution in [0.2, 0.25) is 0 Å². The number of pyridine rings is 1. The summed E-state index contributed by atoms with van der Waals surface area (Å²) < 4.78 is 56.2. The maximum absolute atomic E-state index is 13.4. The van der Waals surface area contributed by atoms with Crippen molar-refractivity contribution in [1.29, 1.82) is 0 Å². The molecule has 2 heterocycles. The zero-order valence-electron chi connectivity index (χ0n) is 15.6. The second kappa shape index (κ2) is 9.00. The number of nitrogens with two attached hydrogens (primary N) is 1. The number of nitrogens with zero attached hydrogens (tertiary/aromatic N) is 2. The van der Waals surface area contributed by atoms with Crippen LogP contribution in [0, 0.1) is 11.6 Å². The second-order valence-electron chi connectivity index (χ2n) is 6.68. The van der Waals surface area contributed by atoms with Crippen molar-refractivity contribution in [2.45, 2.75) is 42.5 Å². The third kappa shape index (κ3) is 5.18. The minimum Gasteiger partial charge on any atom is -0.494 e. The van der Waals surface area contributed by atoms with Crippen molar-refractivity contribution in [3.05, 3.63) is 47.9 Å². The van der Waals surface area contributed by atoms with E-state index in [1.807, 2.05) is 0 Å². The SMILES string of the molecule is COc1cccc(F)c1F.NSc1cc2nc([C@H]3CCCC(F)(F)C3)[nH]c2cn1. The number of nitrogens with one attached hydrogen (secondary N) is 1. The van der Waals surface area contributed by atoms with Gasteiger partial charge in [0, 0.05) is 18.8 Å². The summed E-state index contributed by atoms with van der Waals surface area (Å²) in [6.07, 6.45) is 2.79. The Morgan fingerprint density at radius 1 is 1.31 bits per heavy atom. The van der Waals surface area contributed by atoms with Gasteiger partial charge in [0.1, 0.15) is 10.9 Å². The molecule has 1 aliphatic rings. The Labute approximate surface area is 169 Å². The maximum Gasteiger partial charge on any atom is 0.248 e. The number of aromatic nitrogens is 3. The molecular weight excluding hydrogens is 408 g/mol. The molecule has 0 amide bonds. The number of hydrogen-bond acceptors (Lipinski definition) is 5. The number of ether oxygens (including phenoxy) is 1. The number of H-pyrrole nitrogens is 1. The normalized spacial score (nSPS) is 18.2. The van der Waals surface area contributed by atoms with Gasteiger partial charge in [-0.25, -0.2) is 23.1 Å². The zero-order valence-corrected chi connectivity index (χ0v) is 16.4. The summed E-state index contributed by atoms with van der Waals surface area (Å²) >= 11 is 1.04. The Morgan fingerprint density at radius 3 is 2.76 bits per heavy atom. The van der Waals surface area contributed by atoms with Gasteiger partial charge in [-0.3, -0.25) is 5.14 Å². The fraction of sp³-hybridized carbons (Fsp3) is 0.368. The summed E-state index contributed by atoms with van der Waals surface area (Å²) in [5, 5.41) is 6.11. The highest BCUT2D eigenvalue weighted by Gasteiger charge is 2.37. The average Bonchev–Trinajstić information content (AvgIpc) is 3.13. The molecular formula is C19H20F4N4OS. The molecule has 0 radical (unpaired) electrons. The van der Waals surface area contributed by atoms with Gasteiger partial charge in [-0.2, -0.15) is 4.39 Å². The van der Waals surface area contributed by atoms with E-state index >= 15 is 0 Å². The zero-order chi connectivity index (χ0) is 21.0. The minimum atomic E-state index is -2.57. The van der Waals surface area contributed by atoms with E-state index < -0.39 is 17.6 Å². The Morgan fingerprint density at radius 2 is 2.10 bits per heavy atom. The second-order valence-corrected chi connectivity index (χ2v) is 7.34. The summed E-state index contributed by atoms with van der Waals surface area (Å²) in [5.41, 5.74) is 1.49. The third-order valence-electron chi connectivity index (χ3n) is 4.64. The van der Waals surface area contributed by atoms with Gasteiger partial charge >= 0.3 is 0 Å². The number of rotatable bonds is 3. The molecule has 1 aliphatic carbocycles. The van der Waals surface area contributed by atoms with Gasteiger partial charge < -0.3 is 9.72 Å². The molecule has 3 N–H and O–H groups in total. The molecule has 0 saturated heterocycles. The fourth-order valence-corrected chi connectivity index (χ4v) is 3.51. The standard InChI is InChI=1S/C12H14F2N4S.C7H6F2O/c13-12(14)3-1-2-7(5-12)11-17-8-4-10(19-15)16-6-9(8)18-11;1-10-6-4-2-3-5(8)7(6)9/h4,6-7H,1-3,5,15H2,(H,17,18);2-4H,1H3/t7-;/m0./s1. The number of hydrogen-bond donors (Lipinski definition) is 2. The van der Waals surface area contributed by atoms with Crippen LogP contribution < -0.4 is 9.88 Å². The van der Waals surface area contributed by atoms with Crippen LogP contribution in [0.15, 0.2) is 35.5 Å². The summed E-state index contributed by atoms with van der Waals surface area (Å²) in [4.78, 5) is 11.6. The Bertz CT molecular complexity index is 982. The van der Waals surface area contributed by atoms with Crippen LogP contribution in [0.3, 0.4) is 0 Å². The van der Waals surface area contributed by atoms with Gasteiger partial charge in [-0.15, -0.1) is 0 Å². The molecule has 4 rings (SSSR count). The molecule has 3 aromatic rings. The first kappa shape index (κ1) is 21.4. The van der Waals surface area contributed by atoms with Crippen molar-refractivity contribution >= 4 is 23.0 Å². The number of imidazole rings is 1. The molecule has 0 unspecified atom stereocenters. The van der Waals surface area contributed by atoms with Crippen molar-refractivity contribution in [1.82, 2.24) is 15.0 Å². The van der Waals surface area contributed by atoms with Crippen LogP contribution in [0.25, 0.3) is 11.0 Å². The molecule has 2 aromatic heterocycles. The molecule has 156 valence electrons. The van der Waals surface area contributed by atoms with E-state index in [2.05, 4.69) is 19.7 Å². The van der Waals surface area contributed by atoms with Gasteiger partial charge in [0.05, 0.1) is 24.3 Å². The Hall–Kier alpha value is -2.33. The number of aromatic amines is 1. The smallest absolute Gasteiger partial charge is 0.248 e. The first-order valence-corrected chi connectivity index (χ1v) is 9.79. The number of halogens is 4. The maximum atomic E-state index is 13.4. The number of alkyl halides is 2. The Kier molecular flexibility index (Phi) is 6.63. The van der Waals surface area contributed by atoms with E-state index in [1.54, 1.807) is 12.3 Å². The minimum absolute atomic E-state index is 0.0146. The molecule has 1 saturated carbocycles. The molecule has 10 heteroatoms. The van der Waals surface area contributed by atoms with Crippen molar-refractivity contribution < 1.29 is 22.3 Å².